The van der Waals surface area contributed by atoms with Crippen molar-refractivity contribution in [2.75, 3.05) is 10.6 Å². The monoisotopic (exact) mass is 355 g/mol. The fourth-order valence-corrected chi connectivity index (χ4v) is 2.25. The van der Waals surface area contributed by atoms with Crippen LogP contribution >= 0.6 is 0 Å². The van der Waals surface area contributed by atoms with Crippen molar-refractivity contribution in [3.8, 4) is 6.07 Å². The van der Waals surface area contributed by atoms with Gasteiger partial charge in [-0.05, 0) is 37.3 Å². The summed E-state index contributed by atoms with van der Waals surface area (Å²) in [4.78, 5) is 8.27. The summed E-state index contributed by atoms with van der Waals surface area (Å²) in [5.74, 6) is -3.81. The topological polar surface area (TPSA) is 73.6 Å². The predicted molar refractivity (Wildman–Crippen MR) is 90.8 cm³/mol. The van der Waals surface area contributed by atoms with E-state index in [9.17, 15) is 13.2 Å². The Bertz CT molecular complexity index is 1010. The first-order valence-electron chi connectivity index (χ1n) is 7.49. The molecule has 26 heavy (non-hydrogen) atoms. The summed E-state index contributed by atoms with van der Waals surface area (Å²) in [6.07, 6.45) is 0. The molecular formula is C18H12F3N5. The maximum Gasteiger partial charge on any atom is 0.229 e. The van der Waals surface area contributed by atoms with Crippen LogP contribution in [0.1, 0.15) is 11.3 Å². The lowest BCUT2D eigenvalue weighted by Crippen LogP contribution is -2.05. The van der Waals surface area contributed by atoms with Crippen molar-refractivity contribution in [3.63, 3.8) is 0 Å². The molecular weight excluding hydrogens is 343 g/mol. The van der Waals surface area contributed by atoms with Crippen molar-refractivity contribution >= 4 is 23.1 Å². The molecule has 2 aromatic carbocycles. The van der Waals surface area contributed by atoms with Gasteiger partial charge in [-0.1, -0.05) is 6.07 Å². The number of nitrogens with one attached hydrogen (secondary N) is 2. The molecule has 5 nitrogen and oxygen atoms in total. The van der Waals surface area contributed by atoms with Gasteiger partial charge in [0, 0.05) is 17.4 Å². The normalized spacial score (nSPS) is 10.3. The van der Waals surface area contributed by atoms with Gasteiger partial charge in [-0.15, -0.1) is 0 Å². The summed E-state index contributed by atoms with van der Waals surface area (Å²) in [7, 11) is 0. The molecule has 2 N–H and O–H groups in total. The highest BCUT2D eigenvalue weighted by molar-refractivity contribution is 5.61. The fourth-order valence-electron chi connectivity index (χ4n) is 2.25. The lowest BCUT2D eigenvalue weighted by Gasteiger charge is -2.11. The summed E-state index contributed by atoms with van der Waals surface area (Å²) in [6.45, 7) is 1.70. The standard InChI is InChI=1S/C18H12F3N5/c1-10-7-15(24-12-4-2-3-11(8-12)9-22)26-18(23-10)25-14-6-5-13(19)16(20)17(14)21/h2-8H,1H3,(H2,23,24,25,26). The maximum absolute atomic E-state index is 13.8. The lowest BCUT2D eigenvalue weighted by atomic mass is 10.2. The Balaban J connectivity index is 1.88. The van der Waals surface area contributed by atoms with Crippen LogP contribution in [0.15, 0.2) is 42.5 Å². The number of hydrogen-bond acceptors (Lipinski definition) is 5. The van der Waals surface area contributed by atoms with Crippen LogP contribution < -0.4 is 10.6 Å². The Morgan fingerprint density at radius 2 is 1.77 bits per heavy atom. The molecule has 3 aromatic rings. The minimum absolute atomic E-state index is 0.00819. The molecule has 0 saturated heterocycles. The minimum Gasteiger partial charge on any atom is -0.340 e. The van der Waals surface area contributed by atoms with Crippen molar-refractivity contribution in [1.29, 1.82) is 5.26 Å². The molecule has 0 atom stereocenters. The quantitative estimate of drug-likeness (QED) is 0.671. The van der Waals surface area contributed by atoms with Crippen molar-refractivity contribution in [1.82, 2.24) is 9.97 Å². The Kier molecular flexibility index (Phi) is 4.71. The van der Waals surface area contributed by atoms with E-state index < -0.39 is 17.5 Å². The van der Waals surface area contributed by atoms with Crippen LogP contribution in [0.5, 0.6) is 0 Å². The third-order valence-corrected chi connectivity index (χ3v) is 3.40. The first-order valence-corrected chi connectivity index (χ1v) is 7.49. The highest BCUT2D eigenvalue weighted by Crippen LogP contribution is 2.24. The number of nitriles is 1. The Morgan fingerprint density at radius 3 is 2.54 bits per heavy atom. The molecule has 8 heteroatoms. The van der Waals surface area contributed by atoms with Crippen molar-refractivity contribution in [2.24, 2.45) is 0 Å². The Labute approximate surface area is 147 Å². The van der Waals surface area contributed by atoms with E-state index in [1.165, 1.54) is 0 Å². The van der Waals surface area contributed by atoms with Gasteiger partial charge in [-0.25, -0.2) is 18.2 Å². The highest BCUT2D eigenvalue weighted by Gasteiger charge is 2.14. The van der Waals surface area contributed by atoms with E-state index >= 15 is 0 Å². The summed E-state index contributed by atoms with van der Waals surface area (Å²) >= 11 is 0. The molecule has 0 fully saturated rings. The third-order valence-electron chi connectivity index (χ3n) is 3.40. The molecule has 0 aliphatic rings. The number of aromatic nitrogens is 2. The number of rotatable bonds is 4. The zero-order chi connectivity index (χ0) is 18.7. The van der Waals surface area contributed by atoms with Crippen molar-refractivity contribution in [2.45, 2.75) is 6.92 Å². The second-order valence-corrected chi connectivity index (χ2v) is 5.38. The van der Waals surface area contributed by atoms with Crippen LogP contribution in [0.25, 0.3) is 0 Å². The van der Waals surface area contributed by atoms with E-state index in [4.69, 9.17) is 5.26 Å². The second kappa shape index (κ2) is 7.11. The first-order chi connectivity index (χ1) is 12.5. The van der Waals surface area contributed by atoms with Crippen LogP contribution in [0, 0.1) is 35.7 Å². The van der Waals surface area contributed by atoms with Crippen molar-refractivity contribution < 1.29 is 13.2 Å². The molecule has 0 bridgehead atoms. The number of nitrogens with zero attached hydrogens (tertiary/aromatic N) is 3. The Hall–Kier alpha value is -3.60. The van der Waals surface area contributed by atoms with E-state index in [1.807, 2.05) is 6.07 Å². The first kappa shape index (κ1) is 17.2. The van der Waals surface area contributed by atoms with E-state index in [0.717, 1.165) is 12.1 Å². The average Bonchev–Trinajstić information content (AvgIpc) is 2.62. The van der Waals surface area contributed by atoms with Gasteiger partial charge in [0.25, 0.3) is 0 Å². The van der Waals surface area contributed by atoms with E-state index in [2.05, 4.69) is 20.6 Å². The lowest BCUT2D eigenvalue weighted by molar-refractivity contribution is 0.449. The molecule has 3 rings (SSSR count). The molecule has 1 aromatic heterocycles. The molecule has 0 aliphatic carbocycles. The third kappa shape index (κ3) is 3.72. The van der Waals surface area contributed by atoms with Crippen LogP contribution in [0.3, 0.4) is 0 Å². The SMILES string of the molecule is Cc1cc(Nc2cccc(C#N)c2)nc(Nc2ccc(F)c(F)c2F)n1. The van der Waals surface area contributed by atoms with Gasteiger partial charge < -0.3 is 10.6 Å². The summed E-state index contributed by atoms with van der Waals surface area (Å²) in [5.41, 5.74) is 1.38. The number of hydrogen-bond donors (Lipinski definition) is 2. The predicted octanol–water partition coefficient (Wildman–Crippen LogP) is 4.56. The van der Waals surface area contributed by atoms with E-state index in [-0.39, 0.29) is 11.6 Å². The van der Waals surface area contributed by atoms with Gasteiger partial charge in [0.2, 0.25) is 5.95 Å². The van der Waals surface area contributed by atoms with Crippen LogP contribution in [0.2, 0.25) is 0 Å². The van der Waals surface area contributed by atoms with E-state index in [0.29, 0.717) is 22.8 Å². The summed E-state index contributed by atoms with van der Waals surface area (Å²) < 4.78 is 40.2. The van der Waals surface area contributed by atoms with Crippen LogP contribution in [0.4, 0.5) is 36.3 Å². The zero-order valence-corrected chi connectivity index (χ0v) is 13.5. The van der Waals surface area contributed by atoms with Crippen LogP contribution in [-0.2, 0) is 0 Å². The van der Waals surface area contributed by atoms with Crippen molar-refractivity contribution in [3.05, 3.63) is 71.2 Å². The molecule has 0 unspecified atom stereocenters. The Morgan fingerprint density at radius 1 is 0.962 bits per heavy atom. The molecule has 0 spiro atoms. The maximum atomic E-state index is 13.8. The average molecular weight is 355 g/mol. The molecule has 0 radical (unpaired) electrons. The molecule has 130 valence electrons. The molecule has 0 saturated carbocycles. The fraction of sp³-hybridized carbons (Fsp3) is 0.0556. The van der Waals surface area contributed by atoms with Crippen LogP contribution in [-0.4, -0.2) is 9.97 Å². The van der Waals surface area contributed by atoms with Gasteiger partial charge in [0.1, 0.15) is 5.82 Å². The summed E-state index contributed by atoms with van der Waals surface area (Å²) in [6, 6.07) is 12.3. The van der Waals surface area contributed by atoms with Gasteiger partial charge in [-0.2, -0.15) is 10.2 Å². The smallest absolute Gasteiger partial charge is 0.229 e. The number of halogens is 3. The van der Waals surface area contributed by atoms with Gasteiger partial charge in [0.05, 0.1) is 17.3 Å². The molecule has 1 heterocycles. The highest BCUT2D eigenvalue weighted by atomic mass is 19.2. The molecule has 0 aliphatic heterocycles. The summed E-state index contributed by atoms with van der Waals surface area (Å²) in [5, 5.41) is 14.5. The van der Waals surface area contributed by atoms with Gasteiger partial charge in [0.15, 0.2) is 17.5 Å². The largest absolute Gasteiger partial charge is 0.340 e. The second-order valence-electron chi connectivity index (χ2n) is 5.38. The van der Waals surface area contributed by atoms with Gasteiger partial charge >= 0.3 is 0 Å². The van der Waals surface area contributed by atoms with E-state index in [1.54, 1.807) is 37.3 Å². The number of benzene rings is 2. The minimum atomic E-state index is -1.57. The number of anilines is 4. The van der Waals surface area contributed by atoms with Gasteiger partial charge in [-0.3, -0.25) is 0 Å². The number of aryl methyl sites for hydroxylation is 1. The zero-order valence-electron chi connectivity index (χ0n) is 13.5. The molecule has 0 amide bonds.